The number of hydrogen-bond donors (Lipinski definition) is 1. The molecule has 0 unspecified atom stereocenters. The third kappa shape index (κ3) is 2.96. The van der Waals surface area contributed by atoms with Gasteiger partial charge in [-0.05, 0) is 5.56 Å². The van der Waals surface area contributed by atoms with Gasteiger partial charge in [-0.25, -0.2) is 0 Å². The second-order valence-corrected chi connectivity index (χ2v) is 2.17. The van der Waals surface area contributed by atoms with Gasteiger partial charge >= 0.3 is 0 Å². The number of hydrogen-bond acceptors (Lipinski definition) is 2. The highest BCUT2D eigenvalue weighted by atomic mass is 16.3. The van der Waals surface area contributed by atoms with Gasteiger partial charge in [0.25, 0.3) is 0 Å². The zero-order valence-corrected chi connectivity index (χ0v) is 6.27. The predicted molar refractivity (Wildman–Crippen MR) is 46.0 cm³/mol. The Hall–Kier alpha value is -1.15. The summed E-state index contributed by atoms with van der Waals surface area (Å²) in [7, 11) is 0. The summed E-state index contributed by atoms with van der Waals surface area (Å²) in [5, 5.41) is 8.43. The number of benzene rings is 1. The van der Waals surface area contributed by atoms with Gasteiger partial charge in [-0.3, -0.25) is 4.99 Å². The van der Waals surface area contributed by atoms with Crippen molar-refractivity contribution in [3.63, 3.8) is 0 Å². The van der Waals surface area contributed by atoms with E-state index in [9.17, 15) is 0 Å². The molecule has 0 aliphatic heterocycles. The minimum Gasteiger partial charge on any atom is -0.394 e. The first kappa shape index (κ1) is 7.95. The van der Waals surface area contributed by atoms with Gasteiger partial charge in [0, 0.05) is 6.21 Å². The molecule has 1 aromatic carbocycles. The lowest BCUT2D eigenvalue weighted by molar-refractivity contribution is 0.307. The number of aliphatic hydroxyl groups excluding tert-OH is 1. The molecule has 2 nitrogen and oxygen atoms in total. The van der Waals surface area contributed by atoms with E-state index in [4.69, 9.17) is 5.11 Å². The van der Waals surface area contributed by atoms with Gasteiger partial charge in [0.2, 0.25) is 0 Å². The van der Waals surface area contributed by atoms with E-state index in [1.165, 1.54) is 0 Å². The molecule has 58 valence electrons. The SMILES string of the molecule is OCCN=Cc1ccccc1. The monoisotopic (exact) mass is 149 g/mol. The molecular weight excluding hydrogens is 138 g/mol. The van der Waals surface area contributed by atoms with Crippen LogP contribution >= 0.6 is 0 Å². The van der Waals surface area contributed by atoms with Crippen molar-refractivity contribution in [3.05, 3.63) is 35.9 Å². The first-order valence-electron chi connectivity index (χ1n) is 3.59. The van der Waals surface area contributed by atoms with Crippen LogP contribution in [0, 0.1) is 0 Å². The summed E-state index contributed by atoms with van der Waals surface area (Å²) in [5.41, 5.74) is 1.07. The average molecular weight is 149 g/mol. The Labute approximate surface area is 66.2 Å². The summed E-state index contributed by atoms with van der Waals surface area (Å²) in [5.74, 6) is 0. The number of rotatable bonds is 3. The Bertz CT molecular complexity index is 218. The molecule has 0 saturated carbocycles. The lowest BCUT2D eigenvalue weighted by Gasteiger charge is -1.89. The standard InChI is InChI=1S/C9H11NO/c11-7-6-10-8-9-4-2-1-3-5-9/h1-5,8,11H,6-7H2. The first-order chi connectivity index (χ1) is 5.43. The van der Waals surface area contributed by atoms with E-state index >= 15 is 0 Å². The highest BCUT2D eigenvalue weighted by molar-refractivity contribution is 5.79. The fraction of sp³-hybridized carbons (Fsp3) is 0.222. The van der Waals surface area contributed by atoms with Crippen LogP contribution in [0.2, 0.25) is 0 Å². The van der Waals surface area contributed by atoms with Crippen molar-refractivity contribution in [1.29, 1.82) is 0 Å². The fourth-order valence-corrected chi connectivity index (χ4v) is 0.767. The Balaban J connectivity index is 2.50. The van der Waals surface area contributed by atoms with Gasteiger partial charge in [-0.15, -0.1) is 0 Å². The number of nitrogens with zero attached hydrogens (tertiary/aromatic N) is 1. The summed E-state index contributed by atoms with van der Waals surface area (Å²) in [6.07, 6.45) is 1.76. The maximum Gasteiger partial charge on any atom is 0.0626 e. The molecule has 0 radical (unpaired) electrons. The van der Waals surface area contributed by atoms with Gasteiger partial charge < -0.3 is 5.11 Å². The van der Waals surface area contributed by atoms with Crippen molar-refractivity contribution < 1.29 is 5.11 Å². The first-order valence-corrected chi connectivity index (χ1v) is 3.59. The molecule has 11 heavy (non-hydrogen) atoms. The second-order valence-electron chi connectivity index (χ2n) is 2.17. The highest BCUT2D eigenvalue weighted by Gasteiger charge is 1.81. The van der Waals surface area contributed by atoms with Crippen molar-refractivity contribution in [2.75, 3.05) is 13.2 Å². The average Bonchev–Trinajstić information content (AvgIpc) is 2.07. The van der Waals surface area contributed by atoms with Crippen LogP contribution in [0.25, 0.3) is 0 Å². The predicted octanol–water partition coefficient (Wildman–Crippen LogP) is 1.10. The Morgan fingerprint density at radius 3 is 2.64 bits per heavy atom. The van der Waals surface area contributed by atoms with Gasteiger partial charge in [0.05, 0.1) is 13.2 Å². The fourth-order valence-electron chi connectivity index (χ4n) is 0.767. The van der Waals surface area contributed by atoms with Crippen LogP contribution in [0.15, 0.2) is 35.3 Å². The second kappa shape index (κ2) is 4.63. The Morgan fingerprint density at radius 1 is 1.27 bits per heavy atom. The van der Waals surface area contributed by atoms with Crippen LogP contribution in [0.4, 0.5) is 0 Å². The molecule has 0 aliphatic carbocycles. The van der Waals surface area contributed by atoms with Gasteiger partial charge in [-0.2, -0.15) is 0 Å². The third-order valence-corrected chi connectivity index (χ3v) is 1.27. The maximum absolute atomic E-state index is 8.43. The molecule has 0 fully saturated rings. The quantitative estimate of drug-likeness (QED) is 0.641. The molecule has 1 aromatic rings. The molecule has 2 heteroatoms. The Morgan fingerprint density at radius 2 is 2.00 bits per heavy atom. The lowest BCUT2D eigenvalue weighted by Crippen LogP contribution is -1.88. The van der Waals surface area contributed by atoms with Crippen molar-refractivity contribution in [2.45, 2.75) is 0 Å². The van der Waals surface area contributed by atoms with E-state index < -0.39 is 0 Å². The zero-order chi connectivity index (χ0) is 7.94. The maximum atomic E-state index is 8.43. The summed E-state index contributed by atoms with van der Waals surface area (Å²) >= 11 is 0. The van der Waals surface area contributed by atoms with E-state index in [1.807, 2.05) is 30.3 Å². The van der Waals surface area contributed by atoms with Gasteiger partial charge in [-0.1, -0.05) is 30.3 Å². The smallest absolute Gasteiger partial charge is 0.0626 e. The van der Waals surface area contributed by atoms with E-state index in [0.717, 1.165) is 5.56 Å². The van der Waals surface area contributed by atoms with Gasteiger partial charge in [0.15, 0.2) is 0 Å². The minimum atomic E-state index is 0.114. The normalized spacial score (nSPS) is 10.6. The molecule has 0 saturated heterocycles. The van der Waals surface area contributed by atoms with Crippen LogP contribution < -0.4 is 0 Å². The van der Waals surface area contributed by atoms with E-state index in [2.05, 4.69) is 4.99 Å². The van der Waals surface area contributed by atoms with E-state index in [0.29, 0.717) is 6.54 Å². The summed E-state index contributed by atoms with van der Waals surface area (Å²) in [6, 6.07) is 9.83. The molecule has 0 atom stereocenters. The van der Waals surface area contributed by atoms with Crippen LogP contribution in [0.1, 0.15) is 5.56 Å². The van der Waals surface area contributed by atoms with Crippen molar-refractivity contribution >= 4 is 6.21 Å². The van der Waals surface area contributed by atoms with Gasteiger partial charge in [0.1, 0.15) is 0 Å². The number of aliphatic hydroxyl groups is 1. The minimum absolute atomic E-state index is 0.114. The van der Waals surface area contributed by atoms with Crippen molar-refractivity contribution in [1.82, 2.24) is 0 Å². The number of aliphatic imine (C=N–C) groups is 1. The molecule has 1 N–H and O–H groups in total. The van der Waals surface area contributed by atoms with Crippen LogP contribution in [-0.2, 0) is 0 Å². The molecule has 0 amide bonds. The van der Waals surface area contributed by atoms with E-state index in [-0.39, 0.29) is 6.61 Å². The molecular formula is C9H11NO. The largest absolute Gasteiger partial charge is 0.394 e. The molecule has 1 rings (SSSR count). The molecule has 0 heterocycles. The van der Waals surface area contributed by atoms with Crippen LogP contribution in [0.5, 0.6) is 0 Å². The van der Waals surface area contributed by atoms with Crippen molar-refractivity contribution in [2.24, 2.45) is 4.99 Å². The van der Waals surface area contributed by atoms with Crippen molar-refractivity contribution in [3.8, 4) is 0 Å². The molecule has 0 aromatic heterocycles. The topological polar surface area (TPSA) is 32.6 Å². The zero-order valence-electron chi connectivity index (χ0n) is 6.27. The van der Waals surface area contributed by atoms with Crippen LogP contribution in [0.3, 0.4) is 0 Å². The summed E-state index contributed by atoms with van der Waals surface area (Å²) < 4.78 is 0. The molecule has 0 bridgehead atoms. The summed E-state index contributed by atoms with van der Waals surface area (Å²) in [6.45, 7) is 0.595. The third-order valence-electron chi connectivity index (χ3n) is 1.27. The Kier molecular flexibility index (Phi) is 3.35. The molecule has 0 aliphatic rings. The highest BCUT2D eigenvalue weighted by Crippen LogP contribution is 1.93. The summed E-state index contributed by atoms with van der Waals surface area (Å²) in [4.78, 5) is 3.99. The van der Waals surface area contributed by atoms with Crippen LogP contribution in [-0.4, -0.2) is 24.5 Å². The van der Waals surface area contributed by atoms with E-state index in [1.54, 1.807) is 6.21 Å². The lowest BCUT2D eigenvalue weighted by atomic mass is 10.2. The molecule has 0 spiro atoms.